The summed E-state index contributed by atoms with van der Waals surface area (Å²) in [5.41, 5.74) is 2.91. The van der Waals surface area contributed by atoms with Gasteiger partial charge in [0, 0.05) is 37.6 Å². The molecule has 0 saturated heterocycles. The van der Waals surface area contributed by atoms with E-state index in [0.29, 0.717) is 31.8 Å². The first-order valence-electron chi connectivity index (χ1n) is 18.8. The van der Waals surface area contributed by atoms with Gasteiger partial charge in [0.05, 0.1) is 26.4 Å². The van der Waals surface area contributed by atoms with Crippen LogP contribution in [0.5, 0.6) is 5.75 Å². The molecule has 21 heteroatoms. The Morgan fingerprint density at radius 2 is 1.47 bits per heavy atom. The number of thioether (sulfide) groups is 1. The summed E-state index contributed by atoms with van der Waals surface area (Å²) in [7, 11) is 1.63. The number of halogens is 6. The van der Waals surface area contributed by atoms with Crippen molar-refractivity contribution in [2.45, 2.75) is 70.6 Å². The Morgan fingerprint density at radius 1 is 0.871 bits per heavy atom. The zero-order chi connectivity index (χ0) is 46.6. The summed E-state index contributed by atoms with van der Waals surface area (Å²) in [6.45, 7) is 5.60. The molecule has 1 aromatic heterocycles. The Kier molecular flexibility index (Phi) is 21.3. The Bertz CT molecular complexity index is 2040. The van der Waals surface area contributed by atoms with E-state index in [4.69, 9.17) is 24.5 Å². The predicted octanol–water partition coefficient (Wildman–Crippen LogP) is 6.26. The molecule has 1 heterocycles. The van der Waals surface area contributed by atoms with Crippen LogP contribution in [0.3, 0.4) is 0 Å². The van der Waals surface area contributed by atoms with Crippen LogP contribution in [0.2, 0.25) is 0 Å². The van der Waals surface area contributed by atoms with Crippen molar-refractivity contribution < 1.29 is 70.4 Å². The number of nitrogens with zero attached hydrogens (tertiary/aromatic N) is 3. The van der Waals surface area contributed by atoms with Crippen LogP contribution >= 0.6 is 11.8 Å². The molecule has 4 aromatic rings. The molecule has 0 aliphatic carbocycles. The Morgan fingerprint density at radius 3 is 2.02 bits per heavy atom. The summed E-state index contributed by atoms with van der Waals surface area (Å²) in [5.74, 6) is -5.53. The van der Waals surface area contributed by atoms with Crippen LogP contribution in [0.1, 0.15) is 43.5 Å². The molecule has 4 rings (SSSR count). The second-order valence-corrected chi connectivity index (χ2v) is 14.7. The first kappa shape index (κ1) is 52.3. The molecule has 0 aliphatic heterocycles. The van der Waals surface area contributed by atoms with E-state index in [2.05, 4.69) is 47.7 Å². The van der Waals surface area contributed by atoms with Crippen molar-refractivity contribution in [3.8, 4) is 5.75 Å². The van der Waals surface area contributed by atoms with Crippen molar-refractivity contribution >= 4 is 52.3 Å². The molecule has 5 N–H and O–H groups in total. The van der Waals surface area contributed by atoms with Gasteiger partial charge in [-0.15, -0.1) is 0 Å². The summed E-state index contributed by atoms with van der Waals surface area (Å²) < 4.78 is 70.7. The number of carboxylic acids is 3. The molecule has 0 radical (unpaired) electrons. The second kappa shape index (κ2) is 25.2. The fourth-order valence-electron chi connectivity index (χ4n) is 5.71. The van der Waals surface area contributed by atoms with E-state index in [1.165, 1.54) is 11.8 Å². The number of alkyl halides is 6. The van der Waals surface area contributed by atoms with Crippen LogP contribution in [-0.2, 0) is 43.5 Å². The molecular formula is C41H49F6N5O9S. The molecule has 0 aliphatic rings. The van der Waals surface area contributed by atoms with Gasteiger partial charge in [-0.2, -0.15) is 38.1 Å². The van der Waals surface area contributed by atoms with Gasteiger partial charge in [0.1, 0.15) is 11.8 Å². The number of hydrogen-bond donors (Lipinski definition) is 5. The summed E-state index contributed by atoms with van der Waals surface area (Å²) >= 11 is 1.54. The van der Waals surface area contributed by atoms with Gasteiger partial charge in [-0.3, -0.25) is 14.5 Å². The minimum absolute atomic E-state index is 0.0102. The minimum Gasteiger partial charge on any atom is -0.497 e. The Hall–Kier alpha value is -5.83. The first-order chi connectivity index (χ1) is 29.1. The zero-order valence-electron chi connectivity index (χ0n) is 34.2. The summed E-state index contributed by atoms with van der Waals surface area (Å²) in [6, 6.07) is 20.8. The monoisotopic (exact) mass is 901 g/mol. The van der Waals surface area contributed by atoms with Gasteiger partial charge in [-0.1, -0.05) is 74.9 Å². The molecule has 62 heavy (non-hydrogen) atoms. The molecule has 0 saturated carbocycles. The number of amides is 2. The molecule has 0 bridgehead atoms. The van der Waals surface area contributed by atoms with E-state index in [1.807, 2.05) is 64.3 Å². The zero-order valence-corrected chi connectivity index (χ0v) is 35.0. The number of aliphatic carboxylic acids is 3. The maximum Gasteiger partial charge on any atom is 0.490 e. The number of hydrogen-bond acceptors (Lipinski definition) is 9. The first-order valence-corrected chi connectivity index (χ1v) is 20.2. The number of rotatable bonds is 19. The van der Waals surface area contributed by atoms with Crippen LogP contribution in [-0.4, -0.2) is 116 Å². The van der Waals surface area contributed by atoms with Crippen molar-refractivity contribution in [3.05, 3.63) is 96.1 Å². The average molecular weight is 902 g/mol. The topological polar surface area (TPSA) is 200 Å². The van der Waals surface area contributed by atoms with Gasteiger partial charge < -0.3 is 35.3 Å². The number of imidazole rings is 1. The van der Waals surface area contributed by atoms with E-state index in [1.54, 1.807) is 19.6 Å². The number of ether oxygens (including phenoxy) is 1. The quantitative estimate of drug-likeness (QED) is 0.0663. The third-order valence-corrected chi connectivity index (χ3v) is 9.80. The lowest BCUT2D eigenvalue weighted by atomic mass is 9.97. The van der Waals surface area contributed by atoms with Gasteiger partial charge in [0.2, 0.25) is 11.8 Å². The molecular weight excluding hydrogens is 853 g/mol. The minimum atomic E-state index is -5.08. The second-order valence-electron chi connectivity index (χ2n) is 13.8. The van der Waals surface area contributed by atoms with Crippen LogP contribution in [0.15, 0.2) is 79.3 Å². The lowest BCUT2D eigenvalue weighted by Crippen LogP contribution is -2.51. The third-order valence-electron chi connectivity index (χ3n) is 9.15. The number of carboxylic acid groups (broad SMARTS) is 3. The van der Waals surface area contributed by atoms with Crippen LogP contribution in [0.25, 0.3) is 10.8 Å². The van der Waals surface area contributed by atoms with E-state index in [0.717, 1.165) is 39.8 Å². The third kappa shape index (κ3) is 18.4. The molecule has 0 unspecified atom stereocenters. The summed E-state index contributed by atoms with van der Waals surface area (Å²) in [6.07, 6.45) is -3.49. The molecule has 14 nitrogen and oxygen atoms in total. The fraction of sp³-hybridized carbons (Fsp3) is 0.415. The average Bonchev–Trinajstić information content (AvgIpc) is 3.64. The molecule has 340 valence electrons. The van der Waals surface area contributed by atoms with Crippen LogP contribution in [0.4, 0.5) is 26.3 Å². The van der Waals surface area contributed by atoms with Crippen LogP contribution < -0.4 is 15.4 Å². The number of nitrogens with one attached hydrogen (secondary N) is 2. The van der Waals surface area contributed by atoms with Gasteiger partial charge >= 0.3 is 30.3 Å². The number of benzene rings is 3. The van der Waals surface area contributed by atoms with Crippen molar-refractivity contribution in [1.82, 2.24) is 25.1 Å². The van der Waals surface area contributed by atoms with E-state index < -0.39 is 36.3 Å². The Labute approximate surface area is 357 Å². The lowest BCUT2D eigenvalue weighted by molar-refractivity contribution is -0.193. The maximum absolute atomic E-state index is 13.6. The van der Waals surface area contributed by atoms with Crippen molar-refractivity contribution in [2.75, 3.05) is 32.2 Å². The summed E-state index contributed by atoms with van der Waals surface area (Å²) in [5, 5.41) is 32.1. The van der Waals surface area contributed by atoms with Crippen molar-refractivity contribution in [3.63, 3.8) is 0 Å². The number of carbonyl (C=O) groups is 5. The van der Waals surface area contributed by atoms with E-state index in [-0.39, 0.29) is 36.7 Å². The molecule has 0 spiro atoms. The molecule has 3 aromatic carbocycles. The number of aromatic nitrogens is 2. The largest absolute Gasteiger partial charge is 0.497 e. The fourth-order valence-corrected chi connectivity index (χ4v) is 6.18. The summed E-state index contributed by atoms with van der Waals surface area (Å²) in [4.78, 5) is 62.9. The highest BCUT2D eigenvalue weighted by molar-refractivity contribution is 7.98. The smallest absolute Gasteiger partial charge is 0.490 e. The van der Waals surface area contributed by atoms with Crippen LogP contribution in [0, 0.1) is 5.92 Å². The number of carbonyl (C=O) groups excluding carboxylic acids is 2. The van der Waals surface area contributed by atoms with Gasteiger partial charge in [-0.25, -0.2) is 19.4 Å². The van der Waals surface area contributed by atoms with E-state index >= 15 is 0 Å². The normalized spacial score (nSPS) is 12.8. The number of methoxy groups -OCH3 is 1. The molecule has 3 atom stereocenters. The number of fused-ring (bicyclic) bond motifs is 1. The maximum atomic E-state index is 13.6. The highest BCUT2D eigenvalue weighted by atomic mass is 32.2. The highest BCUT2D eigenvalue weighted by Crippen LogP contribution is 2.22. The SMILES string of the molecule is CC[C@H](C)[C@@H](CN(CC(=O)N[C@@H](CCSC)C(=O)O)Cc1cccc2ccccc12)NC(=O)Cc1cncn1Cc1ccc(OC)cc1.O=C(O)C(F)(F)F.O=C(O)C(F)(F)F. The molecule has 2 amide bonds. The van der Waals surface area contributed by atoms with Crippen molar-refractivity contribution in [1.29, 1.82) is 0 Å². The Balaban J connectivity index is 0.000000811. The van der Waals surface area contributed by atoms with Crippen molar-refractivity contribution in [2.24, 2.45) is 5.92 Å². The van der Waals surface area contributed by atoms with E-state index in [9.17, 15) is 45.8 Å². The standard InChI is InChI=1S/C37H47N5O5S.2C2HF3O2/c1-5-26(2)34(40-35(43)19-30-20-38-25-42(30)21-27-13-15-31(47-3)16-14-27)23-41(24-36(44)39-33(37(45)46)17-18-48-4)22-29-11-8-10-28-9-6-7-12-32(28)29;2*3-2(4,5)1(6)7/h6-16,20,25-26,33-34H,5,17-19,21-24H2,1-4H3,(H,39,44)(H,40,43)(H,45,46);2*(H,6,7)/t26-,33-,34+;;/m0../s1. The van der Waals surface area contributed by atoms with Gasteiger partial charge in [-0.05, 0) is 58.4 Å². The van der Waals surface area contributed by atoms with Gasteiger partial charge in [0.15, 0.2) is 0 Å². The highest BCUT2D eigenvalue weighted by Gasteiger charge is 2.39. The molecule has 0 fully saturated rings. The lowest BCUT2D eigenvalue weighted by Gasteiger charge is -2.31. The predicted molar refractivity (Wildman–Crippen MR) is 219 cm³/mol. The van der Waals surface area contributed by atoms with Gasteiger partial charge in [0.25, 0.3) is 0 Å².